The van der Waals surface area contributed by atoms with Gasteiger partial charge in [0.1, 0.15) is 5.75 Å². The Bertz CT molecular complexity index is 502. The van der Waals surface area contributed by atoms with Crippen LogP contribution < -0.4 is 4.74 Å². The van der Waals surface area contributed by atoms with E-state index in [2.05, 4.69) is 0 Å². The Balaban J connectivity index is 2.27. The number of benzene rings is 1. The van der Waals surface area contributed by atoms with Crippen molar-refractivity contribution in [2.24, 2.45) is 5.41 Å². The van der Waals surface area contributed by atoms with Crippen LogP contribution in [0.4, 0.5) is 13.2 Å². The highest BCUT2D eigenvalue weighted by molar-refractivity contribution is 5.96. The molecule has 0 amide bonds. The van der Waals surface area contributed by atoms with Crippen LogP contribution in [0.15, 0.2) is 18.2 Å². The Kier molecular flexibility index (Phi) is 3.32. The van der Waals surface area contributed by atoms with Gasteiger partial charge in [0.2, 0.25) is 0 Å². The lowest BCUT2D eigenvalue weighted by molar-refractivity contribution is -0.137. The van der Waals surface area contributed by atoms with Crippen LogP contribution in [0.2, 0.25) is 0 Å². The molecule has 0 N–H and O–H groups in total. The van der Waals surface area contributed by atoms with Crippen molar-refractivity contribution in [3.8, 4) is 5.75 Å². The molecule has 19 heavy (non-hydrogen) atoms. The Morgan fingerprint density at radius 2 is 2.00 bits per heavy atom. The predicted octanol–water partition coefficient (Wildman–Crippen LogP) is 4.09. The summed E-state index contributed by atoms with van der Waals surface area (Å²) < 4.78 is 43.4. The van der Waals surface area contributed by atoms with E-state index in [1.54, 1.807) is 0 Å². The molecule has 0 spiro atoms. The van der Waals surface area contributed by atoms with Crippen LogP contribution >= 0.6 is 0 Å². The van der Waals surface area contributed by atoms with Crippen molar-refractivity contribution in [2.45, 2.75) is 32.9 Å². The molecule has 0 unspecified atom stereocenters. The van der Waals surface area contributed by atoms with Gasteiger partial charge >= 0.3 is 6.18 Å². The number of Topliss-reactive ketones (excluding diaryl/α,β-unsaturated/α-hetero) is 1. The fraction of sp³-hybridized carbons (Fsp3) is 0.500. The minimum atomic E-state index is -4.43. The molecule has 1 aliphatic rings. The van der Waals surface area contributed by atoms with Crippen molar-refractivity contribution in [3.63, 3.8) is 0 Å². The van der Waals surface area contributed by atoms with Gasteiger partial charge in [0, 0.05) is 5.41 Å². The summed E-state index contributed by atoms with van der Waals surface area (Å²) in [7, 11) is 0. The normalized spacial score (nSPS) is 17.1. The van der Waals surface area contributed by atoms with Gasteiger partial charge in [-0.3, -0.25) is 4.79 Å². The first-order chi connectivity index (χ1) is 8.71. The molecule has 0 bridgehead atoms. The molecule has 0 saturated heterocycles. The molecular formula is C14H15F3O2. The number of halogens is 3. The summed E-state index contributed by atoms with van der Waals surface area (Å²) in [6, 6.07) is 2.99. The van der Waals surface area contributed by atoms with Crippen molar-refractivity contribution in [1.82, 2.24) is 0 Å². The van der Waals surface area contributed by atoms with Crippen LogP contribution in [0.25, 0.3) is 0 Å². The highest BCUT2D eigenvalue weighted by atomic mass is 19.4. The van der Waals surface area contributed by atoms with Gasteiger partial charge < -0.3 is 4.74 Å². The van der Waals surface area contributed by atoms with Crippen molar-refractivity contribution >= 4 is 5.78 Å². The topological polar surface area (TPSA) is 26.3 Å². The third-order valence-corrected chi connectivity index (χ3v) is 3.37. The SMILES string of the molecule is CC(=O)c1ccc(C(F)(F)F)cc1OCC1(C)CC1. The fourth-order valence-corrected chi connectivity index (χ4v) is 1.72. The van der Waals surface area contributed by atoms with Gasteiger partial charge in [-0.2, -0.15) is 13.2 Å². The first kappa shape index (κ1) is 13.9. The van der Waals surface area contributed by atoms with Crippen LogP contribution in [-0.4, -0.2) is 12.4 Å². The van der Waals surface area contributed by atoms with E-state index >= 15 is 0 Å². The lowest BCUT2D eigenvalue weighted by atomic mass is 10.1. The predicted molar refractivity (Wildman–Crippen MR) is 64.3 cm³/mol. The van der Waals surface area contributed by atoms with Crippen LogP contribution in [0, 0.1) is 5.41 Å². The first-order valence-corrected chi connectivity index (χ1v) is 6.06. The zero-order valence-electron chi connectivity index (χ0n) is 10.8. The Hall–Kier alpha value is -1.52. The molecule has 5 heteroatoms. The molecule has 2 rings (SSSR count). The van der Waals surface area contributed by atoms with Gasteiger partial charge in [-0.25, -0.2) is 0 Å². The van der Waals surface area contributed by atoms with E-state index < -0.39 is 11.7 Å². The minimum Gasteiger partial charge on any atom is -0.492 e. The van der Waals surface area contributed by atoms with E-state index in [9.17, 15) is 18.0 Å². The van der Waals surface area contributed by atoms with Crippen molar-refractivity contribution in [1.29, 1.82) is 0 Å². The second-order valence-corrected chi connectivity index (χ2v) is 5.36. The van der Waals surface area contributed by atoms with Gasteiger partial charge in [0.25, 0.3) is 0 Å². The molecule has 1 aliphatic carbocycles. The molecule has 1 fully saturated rings. The zero-order chi connectivity index (χ0) is 14.3. The number of rotatable bonds is 4. The number of hydrogen-bond acceptors (Lipinski definition) is 2. The molecule has 1 saturated carbocycles. The second kappa shape index (κ2) is 4.54. The lowest BCUT2D eigenvalue weighted by Gasteiger charge is -2.15. The molecule has 0 radical (unpaired) electrons. The average molecular weight is 272 g/mol. The molecular weight excluding hydrogens is 257 g/mol. The second-order valence-electron chi connectivity index (χ2n) is 5.36. The summed E-state index contributed by atoms with van der Waals surface area (Å²) in [6.45, 7) is 3.66. The van der Waals surface area contributed by atoms with E-state index in [-0.39, 0.29) is 22.5 Å². The van der Waals surface area contributed by atoms with Crippen LogP contribution in [0.1, 0.15) is 42.6 Å². The van der Waals surface area contributed by atoms with Crippen molar-refractivity contribution < 1.29 is 22.7 Å². The van der Waals surface area contributed by atoms with Crippen molar-refractivity contribution in [2.75, 3.05) is 6.61 Å². The van der Waals surface area contributed by atoms with Crippen molar-refractivity contribution in [3.05, 3.63) is 29.3 Å². The number of ether oxygens (including phenoxy) is 1. The average Bonchev–Trinajstić information content (AvgIpc) is 3.03. The molecule has 2 nitrogen and oxygen atoms in total. The smallest absolute Gasteiger partial charge is 0.416 e. The molecule has 0 atom stereocenters. The molecule has 104 valence electrons. The van der Waals surface area contributed by atoms with Crippen LogP contribution in [-0.2, 0) is 6.18 Å². The summed E-state index contributed by atoms with van der Waals surface area (Å²) in [6.07, 6.45) is -2.43. The summed E-state index contributed by atoms with van der Waals surface area (Å²) in [5, 5.41) is 0. The number of ketones is 1. The summed E-state index contributed by atoms with van der Waals surface area (Å²) in [4.78, 5) is 11.4. The number of carbonyl (C=O) groups excluding carboxylic acids is 1. The van der Waals surface area contributed by atoms with E-state index in [1.807, 2.05) is 6.92 Å². The van der Waals surface area contributed by atoms with E-state index in [0.717, 1.165) is 25.0 Å². The summed E-state index contributed by atoms with van der Waals surface area (Å²) in [5.74, 6) is -0.278. The number of hydrogen-bond donors (Lipinski definition) is 0. The summed E-state index contributed by atoms with van der Waals surface area (Å²) >= 11 is 0. The van der Waals surface area contributed by atoms with Gasteiger partial charge in [-0.05, 0) is 38.0 Å². The first-order valence-electron chi connectivity index (χ1n) is 6.06. The molecule has 1 aromatic rings. The summed E-state index contributed by atoms with van der Waals surface area (Å²) in [5.41, 5.74) is -0.562. The third-order valence-electron chi connectivity index (χ3n) is 3.37. The molecule has 1 aromatic carbocycles. The van der Waals surface area contributed by atoms with Gasteiger partial charge in [-0.1, -0.05) is 6.92 Å². The fourth-order valence-electron chi connectivity index (χ4n) is 1.72. The lowest BCUT2D eigenvalue weighted by Crippen LogP contribution is -2.12. The maximum atomic E-state index is 12.6. The maximum Gasteiger partial charge on any atom is 0.416 e. The Morgan fingerprint density at radius 1 is 1.37 bits per heavy atom. The highest BCUT2D eigenvalue weighted by Gasteiger charge is 2.38. The highest BCUT2D eigenvalue weighted by Crippen LogP contribution is 2.45. The van der Waals surface area contributed by atoms with E-state index in [0.29, 0.717) is 6.61 Å². The maximum absolute atomic E-state index is 12.6. The number of alkyl halides is 3. The van der Waals surface area contributed by atoms with Crippen LogP contribution in [0.5, 0.6) is 5.75 Å². The van der Waals surface area contributed by atoms with Gasteiger partial charge in [-0.15, -0.1) is 0 Å². The number of carbonyl (C=O) groups is 1. The van der Waals surface area contributed by atoms with Crippen LogP contribution in [0.3, 0.4) is 0 Å². The Morgan fingerprint density at radius 3 is 2.47 bits per heavy atom. The molecule has 0 heterocycles. The zero-order valence-corrected chi connectivity index (χ0v) is 10.8. The van der Waals surface area contributed by atoms with E-state index in [1.165, 1.54) is 13.0 Å². The molecule has 0 aliphatic heterocycles. The monoisotopic (exact) mass is 272 g/mol. The van der Waals surface area contributed by atoms with Gasteiger partial charge in [0.05, 0.1) is 17.7 Å². The quantitative estimate of drug-likeness (QED) is 0.772. The largest absolute Gasteiger partial charge is 0.492 e. The Labute approximate surface area is 109 Å². The minimum absolute atomic E-state index is 0.0236. The van der Waals surface area contributed by atoms with E-state index in [4.69, 9.17) is 4.74 Å². The molecule has 0 aromatic heterocycles. The van der Waals surface area contributed by atoms with Gasteiger partial charge in [0.15, 0.2) is 5.78 Å². The third kappa shape index (κ3) is 3.28. The standard InChI is InChI=1S/C14H15F3O2/c1-9(18)11-4-3-10(14(15,16)17)7-12(11)19-8-13(2)5-6-13/h3-4,7H,5-6,8H2,1-2H3.